The Labute approximate surface area is 86.7 Å². The van der Waals surface area contributed by atoms with Gasteiger partial charge in [-0.05, 0) is 12.1 Å². The van der Waals surface area contributed by atoms with Crippen LogP contribution < -0.4 is 29.6 Å². The summed E-state index contributed by atoms with van der Waals surface area (Å²) in [5.41, 5.74) is 0. The number of hydrogen-bond donors (Lipinski definition) is 1. The topological polar surface area (TPSA) is 67.3 Å². The van der Waals surface area contributed by atoms with Gasteiger partial charge in [0.2, 0.25) is 0 Å². The zero-order valence-electron chi connectivity index (χ0n) is 5.93. The predicted octanol–water partition coefficient (Wildman–Crippen LogP) is -2.67. The van der Waals surface area contributed by atoms with Gasteiger partial charge >= 0.3 is 29.6 Å². The summed E-state index contributed by atoms with van der Waals surface area (Å²) in [5.74, 6) is 0. The maximum atomic E-state index is 10.3. The monoisotopic (exact) mass is 182 g/mol. The van der Waals surface area contributed by atoms with E-state index in [2.05, 4.69) is 4.98 Å². The number of pyridine rings is 1. The molecule has 0 aliphatic carbocycles. The van der Waals surface area contributed by atoms with Crippen molar-refractivity contribution in [1.29, 1.82) is 0 Å². The second kappa shape index (κ2) is 4.18. The van der Waals surface area contributed by atoms with Crippen LogP contribution in [0.25, 0.3) is 0 Å². The Morgan fingerprint density at radius 1 is 1.45 bits per heavy atom. The molecule has 0 spiro atoms. The van der Waals surface area contributed by atoms with Crippen LogP contribution in [0.5, 0.6) is 0 Å². The molecule has 1 heterocycles. The predicted molar refractivity (Wildman–Crippen MR) is 34.1 cm³/mol. The Balaban J connectivity index is 0.000001000. The molecule has 0 radical (unpaired) electrons. The van der Waals surface area contributed by atoms with E-state index in [1.165, 1.54) is 18.3 Å². The van der Waals surface area contributed by atoms with Gasteiger partial charge in [-0.15, -0.1) is 0 Å². The Kier molecular flexibility index (Phi) is 4.20. The minimum Gasteiger partial charge on any atom is -0.282 e. The van der Waals surface area contributed by atoms with E-state index in [0.29, 0.717) is 0 Å². The first-order valence-corrected chi connectivity index (χ1v) is 3.92. The third-order valence-electron chi connectivity index (χ3n) is 0.932. The summed E-state index contributed by atoms with van der Waals surface area (Å²) >= 11 is 0. The van der Waals surface area contributed by atoms with Crippen LogP contribution in [0.4, 0.5) is 0 Å². The Morgan fingerprint density at radius 2 is 2.09 bits per heavy atom. The molecule has 6 heteroatoms. The molecule has 0 atom stereocenters. The summed E-state index contributed by atoms with van der Waals surface area (Å²) in [5, 5.41) is 0. The Morgan fingerprint density at radius 3 is 2.36 bits per heavy atom. The van der Waals surface area contributed by atoms with E-state index >= 15 is 0 Å². The molecule has 4 nitrogen and oxygen atoms in total. The van der Waals surface area contributed by atoms with Gasteiger partial charge in [-0.1, -0.05) is 0 Å². The van der Waals surface area contributed by atoms with Gasteiger partial charge in [0.1, 0.15) is 4.90 Å². The quantitative estimate of drug-likeness (QED) is 0.380. The van der Waals surface area contributed by atoms with Crippen LogP contribution in [0.1, 0.15) is 0 Å². The van der Waals surface area contributed by atoms with Crippen molar-refractivity contribution in [3.63, 3.8) is 0 Å². The van der Waals surface area contributed by atoms with Crippen LogP contribution >= 0.6 is 0 Å². The molecule has 1 N–H and O–H groups in total. The summed E-state index contributed by atoms with van der Waals surface area (Å²) < 4.78 is 29.1. The van der Waals surface area contributed by atoms with Crippen LogP contribution in [0, 0.1) is 0 Å². The Bertz CT molecular complexity index is 310. The van der Waals surface area contributed by atoms with Crippen LogP contribution in [-0.2, 0) is 10.1 Å². The van der Waals surface area contributed by atoms with Crippen molar-refractivity contribution in [2.75, 3.05) is 0 Å². The molecule has 1 aromatic rings. The first-order chi connectivity index (χ1) is 4.61. The van der Waals surface area contributed by atoms with Crippen molar-refractivity contribution in [3.05, 3.63) is 24.5 Å². The molecule has 0 saturated heterocycles. The molecule has 0 saturated carbocycles. The molecule has 0 aliphatic rings. The number of rotatable bonds is 1. The molecule has 0 unspecified atom stereocenters. The van der Waals surface area contributed by atoms with Crippen LogP contribution in [0.3, 0.4) is 0 Å². The summed E-state index contributed by atoms with van der Waals surface area (Å²) in [6, 6.07) is 2.70. The molecule has 1 aromatic heterocycles. The second-order valence-corrected chi connectivity index (χ2v) is 3.09. The third kappa shape index (κ3) is 3.31. The molecular formula is C5H5NNaO3S+. The second-order valence-electron chi connectivity index (χ2n) is 1.66. The van der Waals surface area contributed by atoms with E-state index in [4.69, 9.17) is 4.55 Å². The molecule has 54 valence electrons. The van der Waals surface area contributed by atoms with E-state index in [1.54, 1.807) is 0 Å². The standard InChI is InChI=1S/C5H5NO3S.Na/c7-10(8,9)5-2-1-3-6-4-5;/h1-4H,(H,7,8,9);/q;+1. The van der Waals surface area contributed by atoms with Crippen molar-refractivity contribution in [2.45, 2.75) is 4.90 Å². The summed E-state index contributed by atoms with van der Waals surface area (Å²) in [4.78, 5) is 3.33. The van der Waals surface area contributed by atoms with Gasteiger partial charge in [0, 0.05) is 12.4 Å². The van der Waals surface area contributed by atoms with Crippen molar-refractivity contribution >= 4 is 10.1 Å². The third-order valence-corrected chi connectivity index (χ3v) is 1.77. The summed E-state index contributed by atoms with van der Waals surface area (Å²) in [6.07, 6.45) is 2.50. The van der Waals surface area contributed by atoms with Gasteiger partial charge in [-0.25, -0.2) is 0 Å². The smallest absolute Gasteiger partial charge is 0.282 e. The van der Waals surface area contributed by atoms with Crippen LogP contribution in [0.2, 0.25) is 0 Å². The molecule has 0 aromatic carbocycles. The van der Waals surface area contributed by atoms with Gasteiger partial charge in [0.05, 0.1) is 0 Å². The summed E-state index contributed by atoms with van der Waals surface area (Å²) in [7, 11) is -4.07. The largest absolute Gasteiger partial charge is 1.00 e. The van der Waals surface area contributed by atoms with E-state index in [1.807, 2.05) is 0 Å². The number of nitrogens with zero attached hydrogens (tertiary/aromatic N) is 1. The molecular weight excluding hydrogens is 177 g/mol. The van der Waals surface area contributed by atoms with Crippen LogP contribution in [-0.4, -0.2) is 18.0 Å². The molecule has 0 fully saturated rings. The summed E-state index contributed by atoms with van der Waals surface area (Å²) in [6.45, 7) is 0. The SMILES string of the molecule is O=S(=O)(O)c1cccnc1.[Na+]. The van der Waals surface area contributed by atoms with Gasteiger partial charge in [0.25, 0.3) is 10.1 Å². The fraction of sp³-hybridized carbons (Fsp3) is 0. The minimum atomic E-state index is -4.07. The van der Waals surface area contributed by atoms with Crippen LogP contribution in [0.15, 0.2) is 29.4 Å². The normalized spacial score (nSPS) is 10.3. The molecule has 11 heavy (non-hydrogen) atoms. The number of aromatic nitrogens is 1. The zero-order chi connectivity index (χ0) is 7.61. The zero-order valence-corrected chi connectivity index (χ0v) is 8.75. The maximum absolute atomic E-state index is 10.3. The first-order valence-electron chi connectivity index (χ1n) is 2.48. The van der Waals surface area contributed by atoms with Gasteiger partial charge in [0.15, 0.2) is 0 Å². The molecule has 1 rings (SSSR count). The average molecular weight is 182 g/mol. The van der Waals surface area contributed by atoms with Crippen molar-refractivity contribution in [1.82, 2.24) is 4.98 Å². The first kappa shape index (κ1) is 11.1. The fourth-order valence-electron chi connectivity index (χ4n) is 0.500. The Hall–Kier alpha value is 0.0600. The van der Waals surface area contributed by atoms with Gasteiger partial charge < -0.3 is 0 Å². The van der Waals surface area contributed by atoms with E-state index in [0.717, 1.165) is 6.20 Å². The molecule has 0 aliphatic heterocycles. The molecule has 0 amide bonds. The van der Waals surface area contributed by atoms with E-state index in [9.17, 15) is 8.42 Å². The van der Waals surface area contributed by atoms with Crippen molar-refractivity contribution in [2.24, 2.45) is 0 Å². The average Bonchev–Trinajstić information content (AvgIpc) is 1.88. The van der Waals surface area contributed by atoms with Gasteiger partial charge in [-0.3, -0.25) is 9.54 Å². The number of hydrogen-bond acceptors (Lipinski definition) is 3. The van der Waals surface area contributed by atoms with E-state index < -0.39 is 10.1 Å². The fourth-order valence-corrected chi connectivity index (χ4v) is 0.944. The maximum Gasteiger partial charge on any atom is 1.00 e. The molecule has 0 bridgehead atoms. The van der Waals surface area contributed by atoms with E-state index in [-0.39, 0.29) is 34.5 Å². The van der Waals surface area contributed by atoms with Crippen molar-refractivity contribution in [3.8, 4) is 0 Å². The van der Waals surface area contributed by atoms with Crippen molar-refractivity contribution < 1.29 is 42.5 Å². The minimum absolute atomic E-state index is 0. The van der Waals surface area contributed by atoms with Gasteiger partial charge in [-0.2, -0.15) is 8.42 Å².